The Morgan fingerprint density at radius 1 is 1.38 bits per heavy atom. The second kappa shape index (κ2) is 8.32. The van der Waals surface area contributed by atoms with E-state index in [-0.39, 0.29) is 0 Å². The Morgan fingerprint density at radius 2 is 2.12 bits per heavy atom. The zero-order chi connectivity index (χ0) is 17.7. The van der Waals surface area contributed by atoms with Gasteiger partial charge < -0.3 is 4.74 Å². The first-order valence-corrected chi connectivity index (χ1v) is 8.61. The van der Waals surface area contributed by atoms with E-state index in [0.717, 1.165) is 11.3 Å². The van der Waals surface area contributed by atoms with Gasteiger partial charge in [-0.3, -0.25) is 10.7 Å². The highest BCUT2D eigenvalue weighted by molar-refractivity contribution is 7.11. The minimum absolute atomic E-state index is 0.297. The van der Waals surface area contributed by atoms with E-state index < -0.39 is 6.09 Å². The summed E-state index contributed by atoms with van der Waals surface area (Å²) < 4.78 is 9.15. The summed E-state index contributed by atoms with van der Waals surface area (Å²) in [5.74, 6) is 0. The number of nitrogens with one attached hydrogen (secondary N) is 2. The number of aryl methyl sites for hydroxylation is 1. The fraction of sp³-hybridized carbons (Fsp3) is 0.267. The lowest BCUT2D eigenvalue weighted by atomic mass is 10.2. The van der Waals surface area contributed by atoms with Gasteiger partial charge in [0, 0.05) is 0 Å². The Labute approximate surface area is 154 Å². The van der Waals surface area contributed by atoms with Crippen LogP contribution in [-0.2, 0) is 4.74 Å². The number of hydrazone groups is 1. The average molecular weight is 387 g/mol. The van der Waals surface area contributed by atoms with Crippen molar-refractivity contribution in [3.05, 3.63) is 39.5 Å². The number of benzene rings is 1. The Bertz CT molecular complexity index is 777. The fourth-order valence-electron chi connectivity index (χ4n) is 1.91. The van der Waals surface area contributed by atoms with Crippen molar-refractivity contribution in [3.8, 4) is 0 Å². The first-order valence-electron chi connectivity index (χ1n) is 7.08. The first-order chi connectivity index (χ1) is 11.4. The molecule has 24 heavy (non-hydrogen) atoms. The summed E-state index contributed by atoms with van der Waals surface area (Å²) in [7, 11) is 0. The van der Waals surface area contributed by atoms with Gasteiger partial charge in [-0.2, -0.15) is 9.47 Å². The molecule has 1 aromatic heterocycles. The van der Waals surface area contributed by atoms with Crippen molar-refractivity contribution >= 4 is 57.2 Å². The Hall–Kier alpha value is -1.83. The normalized spacial score (nSPS) is 11.3. The third kappa shape index (κ3) is 4.59. The number of aromatic nitrogens is 1. The lowest BCUT2D eigenvalue weighted by Crippen LogP contribution is -2.14. The molecule has 0 bridgehead atoms. The standard InChI is InChI=1S/C15H16Cl2N4O2S/c1-4-23-15(22)18-14-13(9(3)21-24-14)8(2)19-20-10-5-6-11(16)12(17)7-10/h5-7,20H,4H2,1-3H3,(H,18,22)/b19-8+. The fourth-order valence-corrected chi connectivity index (χ4v) is 3.04. The lowest BCUT2D eigenvalue weighted by molar-refractivity contribution is 0.168. The quantitative estimate of drug-likeness (QED) is 0.549. The number of halogens is 2. The van der Waals surface area contributed by atoms with Crippen LogP contribution in [0.5, 0.6) is 0 Å². The Balaban J connectivity index is 2.19. The van der Waals surface area contributed by atoms with Crippen molar-refractivity contribution in [1.82, 2.24) is 4.37 Å². The molecule has 0 fully saturated rings. The molecule has 0 atom stereocenters. The van der Waals surface area contributed by atoms with Crippen LogP contribution in [0.3, 0.4) is 0 Å². The van der Waals surface area contributed by atoms with Crippen LogP contribution < -0.4 is 10.7 Å². The average Bonchev–Trinajstić information content (AvgIpc) is 2.89. The van der Waals surface area contributed by atoms with E-state index in [9.17, 15) is 4.79 Å². The summed E-state index contributed by atoms with van der Waals surface area (Å²) in [6.45, 7) is 5.70. The molecule has 1 heterocycles. The molecule has 0 saturated heterocycles. The van der Waals surface area contributed by atoms with Crippen LogP contribution in [0, 0.1) is 6.92 Å². The van der Waals surface area contributed by atoms with Crippen LogP contribution in [0.1, 0.15) is 25.1 Å². The molecule has 6 nitrogen and oxygen atoms in total. The number of hydrogen-bond acceptors (Lipinski definition) is 6. The van der Waals surface area contributed by atoms with Gasteiger partial charge >= 0.3 is 6.09 Å². The van der Waals surface area contributed by atoms with Gasteiger partial charge in [-0.25, -0.2) is 4.79 Å². The maximum absolute atomic E-state index is 11.6. The molecule has 9 heteroatoms. The number of nitrogens with zero attached hydrogens (tertiary/aromatic N) is 2. The molecule has 2 N–H and O–H groups in total. The summed E-state index contributed by atoms with van der Waals surface area (Å²) in [5, 5.41) is 8.50. The van der Waals surface area contributed by atoms with Crippen LogP contribution in [0.4, 0.5) is 15.5 Å². The summed E-state index contributed by atoms with van der Waals surface area (Å²) in [6.07, 6.45) is -0.521. The van der Waals surface area contributed by atoms with Crippen LogP contribution in [0.15, 0.2) is 23.3 Å². The van der Waals surface area contributed by atoms with Crippen LogP contribution in [0.25, 0.3) is 0 Å². The molecule has 0 aliphatic heterocycles. The molecule has 0 spiro atoms. The summed E-state index contributed by atoms with van der Waals surface area (Å²) in [4.78, 5) is 11.6. The number of carbonyl (C=O) groups is 1. The highest BCUT2D eigenvalue weighted by Gasteiger charge is 2.16. The van der Waals surface area contributed by atoms with Crippen molar-refractivity contribution in [2.24, 2.45) is 5.10 Å². The van der Waals surface area contributed by atoms with E-state index in [1.807, 2.05) is 13.8 Å². The predicted octanol–water partition coefficient (Wildman–Crippen LogP) is 5.16. The van der Waals surface area contributed by atoms with E-state index in [2.05, 4.69) is 20.2 Å². The Kier molecular flexibility index (Phi) is 6.42. The molecular weight excluding hydrogens is 371 g/mol. The topological polar surface area (TPSA) is 75.6 Å². The van der Waals surface area contributed by atoms with Crippen LogP contribution in [0.2, 0.25) is 10.0 Å². The van der Waals surface area contributed by atoms with Gasteiger partial charge in [-0.05, 0) is 50.5 Å². The zero-order valence-corrected chi connectivity index (χ0v) is 15.6. The third-order valence-electron chi connectivity index (χ3n) is 2.99. The van der Waals surface area contributed by atoms with Crippen LogP contribution in [-0.4, -0.2) is 22.8 Å². The van der Waals surface area contributed by atoms with Crippen molar-refractivity contribution < 1.29 is 9.53 Å². The van der Waals surface area contributed by atoms with E-state index in [1.165, 1.54) is 11.5 Å². The van der Waals surface area contributed by atoms with Gasteiger partial charge in [0.2, 0.25) is 0 Å². The predicted molar refractivity (Wildman–Crippen MR) is 99.8 cm³/mol. The largest absolute Gasteiger partial charge is 0.450 e. The second-order valence-corrected chi connectivity index (χ2v) is 6.34. The zero-order valence-electron chi connectivity index (χ0n) is 13.3. The van der Waals surface area contributed by atoms with Gasteiger partial charge in [0.05, 0.1) is 39.3 Å². The van der Waals surface area contributed by atoms with Gasteiger partial charge in [0.15, 0.2) is 0 Å². The highest BCUT2D eigenvalue weighted by atomic mass is 35.5. The molecule has 1 aromatic carbocycles. The number of hydrogen-bond donors (Lipinski definition) is 2. The van der Waals surface area contributed by atoms with E-state index in [0.29, 0.717) is 33.1 Å². The summed E-state index contributed by atoms with van der Waals surface area (Å²) in [5.41, 5.74) is 5.79. The molecular formula is C15H16Cl2N4O2S. The second-order valence-electron chi connectivity index (χ2n) is 4.76. The Morgan fingerprint density at radius 3 is 2.79 bits per heavy atom. The smallest absolute Gasteiger partial charge is 0.412 e. The van der Waals surface area contributed by atoms with E-state index >= 15 is 0 Å². The number of amides is 1. The van der Waals surface area contributed by atoms with Gasteiger partial charge in [-0.15, -0.1) is 0 Å². The molecule has 0 saturated carbocycles. The number of carbonyl (C=O) groups excluding carboxylic acids is 1. The van der Waals surface area contributed by atoms with Crippen molar-refractivity contribution in [2.75, 3.05) is 17.3 Å². The summed E-state index contributed by atoms with van der Waals surface area (Å²) >= 11 is 13.0. The van der Waals surface area contributed by atoms with Crippen molar-refractivity contribution in [1.29, 1.82) is 0 Å². The van der Waals surface area contributed by atoms with Crippen LogP contribution >= 0.6 is 34.7 Å². The molecule has 2 rings (SSSR count). The minimum atomic E-state index is -0.521. The molecule has 0 unspecified atom stereocenters. The maximum Gasteiger partial charge on any atom is 0.412 e. The number of anilines is 2. The van der Waals surface area contributed by atoms with E-state index in [1.54, 1.807) is 25.1 Å². The molecule has 0 radical (unpaired) electrons. The molecule has 128 valence electrons. The maximum atomic E-state index is 11.6. The van der Waals surface area contributed by atoms with E-state index in [4.69, 9.17) is 27.9 Å². The van der Waals surface area contributed by atoms with Gasteiger partial charge in [0.1, 0.15) is 5.00 Å². The molecule has 1 amide bonds. The number of ether oxygens (including phenoxy) is 1. The SMILES string of the molecule is CCOC(=O)Nc1snc(C)c1/C(C)=N/Nc1ccc(Cl)c(Cl)c1. The molecule has 0 aliphatic rings. The third-order valence-corrected chi connectivity index (χ3v) is 4.58. The summed E-state index contributed by atoms with van der Waals surface area (Å²) in [6, 6.07) is 5.13. The van der Waals surface area contributed by atoms with Crippen molar-refractivity contribution in [2.45, 2.75) is 20.8 Å². The lowest BCUT2D eigenvalue weighted by Gasteiger charge is -2.07. The van der Waals surface area contributed by atoms with Gasteiger partial charge in [0.25, 0.3) is 0 Å². The van der Waals surface area contributed by atoms with Crippen molar-refractivity contribution in [3.63, 3.8) is 0 Å². The molecule has 0 aliphatic carbocycles. The number of rotatable bonds is 5. The minimum Gasteiger partial charge on any atom is -0.450 e. The highest BCUT2D eigenvalue weighted by Crippen LogP contribution is 2.27. The first kappa shape index (κ1) is 18.5. The molecule has 2 aromatic rings. The van der Waals surface area contributed by atoms with Gasteiger partial charge in [-0.1, -0.05) is 23.2 Å². The monoisotopic (exact) mass is 386 g/mol.